The highest BCUT2D eigenvalue weighted by Crippen LogP contribution is 2.41. The summed E-state index contributed by atoms with van der Waals surface area (Å²) in [5.74, 6) is -3.45. The Balaban J connectivity index is 2.19. The van der Waals surface area contributed by atoms with E-state index in [9.17, 15) is 29.7 Å². The lowest BCUT2D eigenvalue weighted by molar-refractivity contribution is -0.280. The highest BCUT2D eigenvalue weighted by molar-refractivity contribution is 7.99. The minimum Gasteiger partial charge on any atom is -0.455 e. The number of ether oxygens (including phenoxy) is 5. The summed E-state index contributed by atoms with van der Waals surface area (Å²) in [6, 6.07) is 12.6. The molecule has 1 fully saturated rings. The Morgan fingerprint density at radius 2 is 1.35 bits per heavy atom. The van der Waals surface area contributed by atoms with Crippen molar-refractivity contribution in [2.24, 2.45) is 0 Å². The number of thioether (sulfide) groups is 1. The number of hydrogen-bond acceptors (Lipinski definition) is 14. The van der Waals surface area contributed by atoms with Crippen molar-refractivity contribution in [1.29, 1.82) is 10.5 Å². The predicted octanol–water partition coefficient (Wildman–Crippen LogP) is 2.21. The van der Waals surface area contributed by atoms with E-state index in [0.717, 1.165) is 39.5 Å². The maximum atomic E-state index is 12.1. The molecule has 0 amide bonds. The monoisotopic (exact) mass is 568 g/mol. The zero-order chi connectivity index (χ0) is 29.6. The number of anilines is 1. The van der Waals surface area contributed by atoms with Crippen molar-refractivity contribution >= 4 is 41.5 Å². The van der Waals surface area contributed by atoms with E-state index in [1.54, 1.807) is 30.3 Å². The summed E-state index contributed by atoms with van der Waals surface area (Å²) in [4.78, 5) is 52.1. The van der Waals surface area contributed by atoms with E-state index in [4.69, 9.17) is 29.4 Å². The molecular weight excluding hydrogens is 544 g/mol. The average molecular weight is 569 g/mol. The van der Waals surface area contributed by atoms with Gasteiger partial charge in [-0.3, -0.25) is 19.2 Å². The lowest BCUT2D eigenvalue weighted by Crippen LogP contribution is -2.61. The molecule has 2 aromatic rings. The molecule has 14 heteroatoms. The number of nitrogen functional groups attached to an aromatic ring is 1. The van der Waals surface area contributed by atoms with Crippen LogP contribution in [-0.4, -0.2) is 58.9 Å². The van der Waals surface area contributed by atoms with Crippen LogP contribution in [0.2, 0.25) is 0 Å². The molecule has 0 bridgehead atoms. The lowest BCUT2D eigenvalue weighted by Gasteiger charge is -2.43. The van der Waals surface area contributed by atoms with Gasteiger partial charge in [0.15, 0.2) is 17.6 Å². The van der Waals surface area contributed by atoms with Gasteiger partial charge in [-0.1, -0.05) is 42.1 Å². The standard InChI is InChI=1S/C26H24N4O9S/c1-12(31)35-20-21(36-13(2)32)25(38-15(4)34)39-26(22(20)37-14(3)33)40-24-18(11-28)19(16-8-6-5-7-9-16)17(10-27)23(29)30-24/h5-9,20-22,25-26H,1-4H3,(H2,29,30)/t20-,21+,22+,25-,26-/m0/s1. The summed E-state index contributed by atoms with van der Waals surface area (Å²) < 4.78 is 27.2. The van der Waals surface area contributed by atoms with Crippen LogP contribution in [-0.2, 0) is 42.9 Å². The third kappa shape index (κ3) is 6.85. The molecule has 0 unspecified atom stereocenters. The molecule has 0 aliphatic carbocycles. The number of carbonyl (C=O) groups is 4. The summed E-state index contributed by atoms with van der Waals surface area (Å²) in [5.41, 5.74) is 5.42. The average Bonchev–Trinajstić information content (AvgIpc) is 2.87. The van der Waals surface area contributed by atoms with Crippen LogP contribution in [0.25, 0.3) is 11.1 Å². The minimum absolute atomic E-state index is 0.0194. The van der Waals surface area contributed by atoms with E-state index in [0.29, 0.717) is 5.56 Å². The van der Waals surface area contributed by atoms with Gasteiger partial charge in [0.05, 0.1) is 5.56 Å². The van der Waals surface area contributed by atoms with Crippen molar-refractivity contribution in [2.45, 2.75) is 62.8 Å². The van der Waals surface area contributed by atoms with Crippen LogP contribution in [0.3, 0.4) is 0 Å². The van der Waals surface area contributed by atoms with Gasteiger partial charge in [-0.2, -0.15) is 10.5 Å². The van der Waals surface area contributed by atoms with Gasteiger partial charge < -0.3 is 29.4 Å². The van der Waals surface area contributed by atoms with Gasteiger partial charge in [0, 0.05) is 33.3 Å². The summed E-state index contributed by atoms with van der Waals surface area (Å²) in [7, 11) is 0. The topological polar surface area (TPSA) is 201 Å². The molecule has 0 radical (unpaired) electrons. The number of rotatable bonds is 7. The highest BCUT2D eigenvalue weighted by Gasteiger charge is 2.54. The van der Waals surface area contributed by atoms with Crippen LogP contribution in [0.1, 0.15) is 38.8 Å². The third-order valence-corrected chi connectivity index (χ3v) is 6.48. The molecule has 1 aromatic heterocycles. The molecule has 0 saturated carbocycles. The van der Waals surface area contributed by atoms with E-state index in [2.05, 4.69) is 4.98 Å². The van der Waals surface area contributed by atoms with Crippen molar-refractivity contribution in [3.63, 3.8) is 0 Å². The fourth-order valence-electron chi connectivity index (χ4n) is 3.98. The number of carbonyl (C=O) groups excluding carboxylic acids is 4. The SMILES string of the molecule is CC(=O)O[C@H]1O[C@@H](Sc2nc(N)c(C#N)c(-c3ccccc3)c2C#N)[C@H](OC(C)=O)[C@@H](OC(C)=O)[C@H]1OC(C)=O. The molecule has 1 aromatic carbocycles. The maximum Gasteiger partial charge on any atom is 0.305 e. The van der Waals surface area contributed by atoms with Gasteiger partial charge in [-0.15, -0.1) is 0 Å². The molecule has 13 nitrogen and oxygen atoms in total. The Morgan fingerprint density at radius 3 is 1.88 bits per heavy atom. The van der Waals surface area contributed by atoms with Crippen LogP contribution < -0.4 is 5.73 Å². The number of pyridine rings is 1. The van der Waals surface area contributed by atoms with E-state index < -0.39 is 53.9 Å². The maximum absolute atomic E-state index is 12.1. The second-order valence-corrected chi connectivity index (χ2v) is 9.43. The molecule has 1 saturated heterocycles. The van der Waals surface area contributed by atoms with E-state index in [-0.39, 0.29) is 27.5 Å². The first-order chi connectivity index (χ1) is 19.0. The third-order valence-electron chi connectivity index (χ3n) is 5.35. The van der Waals surface area contributed by atoms with Crippen molar-refractivity contribution < 1.29 is 42.9 Å². The summed E-state index contributed by atoms with van der Waals surface area (Å²) >= 11 is 0.745. The smallest absolute Gasteiger partial charge is 0.305 e. The van der Waals surface area contributed by atoms with E-state index in [1.165, 1.54) is 0 Å². The first-order valence-electron chi connectivity index (χ1n) is 11.7. The number of esters is 4. The summed E-state index contributed by atoms with van der Waals surface area (Å²) in [6.07, 6.45) is -6.05. The number of nitriles is 2. The molecule has 5 atom stereocenters. The Kier molecular flexibility index (Phi) is 9.66. The zero-order valence-corrected chi connectivity index (χ0v) is 22.6. The van der Waals surface area contributed by atoms with Crippen LogP contribution in [0.5, 0.6) is 0 Å². The molecule has 2 heterocycles. The van der Waals surface area contributed by atoms with Gasteiger partial charge in [-0.25, -0.2) is 4.98 Å². The molecule has 0 spiro atoms. The minimum atomic E-state index is -1.61. The van der Waals surface area contributed by atoms with Crippen molar-refractivity contribution in [3.8, 4) is 23.3 Å². The van der Waals surface area contributed by atoms with E-state index >= 15 is 0 Å². The second kappa shape index (κ2) is 12.9. The predicted molar refractivity (Wildman–Crippen MR) is 136 cm³/mol. The number of hydrogen-bond donors (Lipinski definition) is 1. The number of benzene rings is 1. The fraction of sp³-hybridized carbons (Fsp3) is 0.346. The van der Waals surface area contributed by atoms with Crippen LogP contribution in [0, 0.1) is 22.7 Å². The molecule has 40 heavy (non-hydrogen) atoms. The van der Waals surface area contributed by atoms with Crippen LogP contribution in [0.15, 0.2) is 35.4 Å². The molecular formula is C26H24N4O9S. The Hall–Kier alpha value is -4.66. The quantitative estimate of drug-likeness (QED) is 0.376. The first kappa shape index (κ1) is 29.9. The summed E-state index contributed by atoms with van der Waals surface area (Å²) in [5, 5.41) is 19.9. The molecule has 1 aliphatic heterocycles. The highest BCUT2D eigenvalue weighted by atomic mass is 32.2. The summed E-state index contributed by atoms with van der Waals surface area (Å²) in [6.45, 7) is 4.33. The Bertz CT molecular complexity index is 1400. The van der Waals surface area contributed by atoms with Gasteiger partial charge >= 0.3 is 23.9 Å². The van der Waals surface area contributed by atoms with Crippen LogP contribution >= 0.6 is 11.8 Å². The normalized spacial score (nSPS) is 21.7. The molecule has 1 aliphatic rings. The number of nitrogens with two attached hydrogens (primary N) is 1. The van der Waals surface area contributed by atoms with Gasteiger partial charge in [0.25, 0.3) is 0 Å². The van der Waals surface area contributed by atoms with E-state index in [1.807, 2.05) is 12.1 Å². The Labute approximate surface area is 233 Å². The first-order valence-corrected chi connectivity index (χ1v) is 12.5. The molecule has 3 rings (SSSR count). The lowest BCUT2D eigenvalue weighted by atomic mass is 9.97. The van der Waals surface area contributed by atoms with Crippen molar-refractivity contribution in [3.05, 3.63) is 41.5 Å². The molecule has 2 N–H and O–H groups in total. The number of aromatic nitrogens is 1. The van der Waals surface area contributed by atoms with Crippen LogP contribution in [0.4, 0.5) is 5.82 Å². The number of nitrogens with zero attached hydrogens (tertiary/aromatic N) is 3. The fourth-order valence-corrected chi connectivity index (χ4v) is 5.12. The van der Waals surface area contributed by atoms with Gasteiger partial charge in [-0.05, 0) is 5.56 Å². The largest absolute Gasteiger partial charge is 0.455 e. The van der Waals surface area contributed by atoms with Crippen molar-refractivity contribution in [1.82, 2.24) is 4.98 Å². The van der Waals surface area contributed by atoms with Gasteiger partial charge in [0.2, 0.25) is 12.4 Å². The molecule has 208 valence electrons. The Morgan fingerprint density at radius 1 is 0.825 bits per heavy atom. The van der Waals surface area contributed by atoms with Gasteiger partial charge in [0.1, 0.15) is 28.5 Å². The zero-order valence-electron chi connectivity index (χ0n) is 21.8. The van der Waals surface area contributed by atoms with Crippen molar-refractivity contribution in [2.75, 3.05) is 5.73 Å². The second-order valence-electron chi connectivity index (χ2n) is 8.34.